The Kier molecular flexibility index (Phi) is 3.51. The van der Waals surface area contributed by atoms with E-state index >= 15 is 0 Å². The summed E-state index contributed by atoms with van der Waals surface area (Å²) in [6, 6.07) is 7.15. The summed E-state index contributed by atoms with van der Waals surface area (Å²) in [5, 5.41) is 0.487. The molecule has 1 saturated heterocycles. The molecule has 0 atom stereocenters. The van der Waals surface area contributed by atoms with E-state index in [1.807, 2.05) is 12.1 Å². The van der Waals surface area contributed by atoms with Crippen molar-refractivity contribution in [2.24, 2.45) is 0 Å². The summed E-state index contributed by atoms with van der Waals surface area (Å²) in [5.74, 6) is 0.494. The smallest absolute Gasteiger partial charge is 0.274 e. The minimum Gasteiger partial charge on any atom is -0.274 e. The van der Waals surface area contributed by atoms with E-state index < -0.39 is 0 Å². The molecule has 0 N–H and O–H groups in total. The van der Waals surface area contributed by atoms with E-state index in [9.17, 15) is 9.59 Å². The number of halogens is 1. The summed E-state index contributed by atoms with van der Waals surface area (Å²) in [7, 11) is 0. The van der Waals surface area contributed by atoms with E-state index in [4.69, 9.17) is 11.6 Å². The summed E-state index contributed by atoms with van der Waals surface area (Å²) in [4.78, 5) is 24.3. The highest BCUT2D eigenvalue weighted by Gasteiger charge is 2.26. The maximum atomic E-state index is 11.5. The molecule has 1 aliphatic heterocycles. The third-order valence-corrected chi connectivity index (χ3v) is 3.44. The first-order valence-corrected chi connectivity index (χ1v) is 6.25. The van der Waals surface area contributed by atoms with Gasteiger partial charge in [-0.3, -0.25) is 14.5 Å². The Labute approximate surface area is 103 Å². The number of benzene rings is 1. The fourth-order valence-corrected chi connectivity index (χ4v) is 2.36. The van der Waals surface area contributed by atoms with Crippen LogP contribution in [0.5, 0.6) is 0 Å². The lowest BCUT2D eigenvalue weighted by Crippen LogP contribution is -2.37. The van der Waals surface area contributed by atoms with Crippen LogP contribution in [0.15, 0.2) is 24.3 Å². The van der Waals surface area contributed by atoms with Gasteiger partial charge in [-0.2, -0.15) is 0 Å². The minimum atomic E-state index is -0.161. The largest absolute Gasteiger partial charge is 0.288 e. The first kappa shape index (κ1) is 11.5. The number of thioether (sulfide) groups is 1. The van der Waals surface area contributed by atoms with E-state index in [0.717, 1.165) is 5.56 Å². The van der Waals surface area contributed by atoms with Crippen molar-refractivity contribution in [3.63, 3.8) is 0 Å². The third-order valence-electron chi connectivity index (χ3n) is 2.32. The van der Waals surface area contributed by atoms with Crippen molar-refractivity contribution in [3.05, 3.63) is 34.9 Å². The predicted molar refractivity (Wildman–Crippen MR) is 64.5 cm³/mol. The number of nitrogens with zero attached hydrogens (tertiary/aromatic N) is 1. The number of rotatable bonds is 2. The fourth-order valence-electron chi connectivity index (χ4n) is 1.47. The van der Waals surface area contributed by atoms with Gasteiger partial charge in [0, 0.05) is 17.2 Å². The summed E-state index contributed by atoms with van der Waals surface area (Å²) < 4.78 is 0. The van der Waals surface area contributed by atoms with Crippen LogP contribution in [0.2, 0.25) is 5.02 Å². The van der Waals surface area contributed by atoms with Crippen molar-refractivity contribution in [2.45, 2.75) is 13.0 Å². The average Bonchev–Trinajstić information content (AvgIpc) is 2.26. The van der Waals surface area contributed by atoms with Gasteiger partial charge in [0.05, 0.1) is 6.54 Å². The zero-order valence-electron chi connectivity index (χ0n) is 8.48. The fraction of sp³-hybridized carbons (Fsp3) is 0.273. The van der Waals surface area contributed by atoms with Gasteiger partial charge < -0.3 is 0 Å². The Morgan fingerprint density at radius 1 is 1.25 bits per heavy atom. The Balaban J connectivity index is 2.10. The monoisotopic (exact) mass is 255 g/mol. The van der Waals surface area contributed by atoms with Gasteiger partial charge in [0.2, 0.25) is 5.91 Å². The van der Waals surface area contributed by atoms with E-state index in [0.29, 0.717) is 23.7 Å². The highest BCUT2D eigenvalue weighted by molar-refractivity contribution is 8.13. The van der Waals surface area contributed by atoms with Gasteiger partial charge in [-0.25, -0.2) is 0 Å². The van der Waals surface area contributed by atoms with Crippen molar-refractivity contribution >= 4 is 34.5 Å². The molecule has 0 bridgehead atoms. The molecule has 16 heavy (non-hydrogen) atoms. The first-order valence-electron chi connectivity index (χ1n) is 4.88. The van der Waals surface area contributed by atoms with Crippen LogP contribution >= 0.6 is 23.4 Å². The van der Waals surface area contributed by atoms with Gasteiger partial charge >= 0.3 is 0 Å². The van der Waals surface area contributed by atoms with Gasteiger partial charge in [0.15, 0.2) is 0 Å². The molecule has 1 aromatic carbocycles. The molecule has 5 heteroatoms. The van der Waals surface area contributed by atoms with Gasteiger partial charge in [0.25, 0.3) is 5.24 Å². The lowest BCUT2D eigenvalue weighted by Gasteiger charge is -2.24. The highest BCUT2D eigenvalue weighted by Crippen LogP contribution is 2.21. The Morgan fingerprint density at radius 3 is 2.56 bits per heavy atom. The molecule has 1 aliphatic rings. The van der Waals surface area contributed by atoms with Crippen LogP contribution in [0.4, 0.5) is 4.79 Å². The Hall–Kier alpha value is -1.00. The van der Waals surface area contributed by atoms with Crippen LogP contribution in [0, 0.1) is 0 Å². The molecule has 3 nitrogen and oxygen atoms in total. The standard InChI is InChI=1S/C11H10ClNO2S/c12-9-3-1-8(2-4-9)7-13-10(14)5-6-16-11(13)15/h1-4H,5-7H2. The number of hydrogen-bond acceptors (Lipinski definition) is 3. The summed E-state index contributed by atoms with van der Waals surface area (Å²) in [5.41, 5.74) is 0.911. The third kappa shape index (κ3) is 2.57. The molecular formula is C11H10ClNO2S. The van der Waals surface area contributed by atoms with Crippen LogP contribution in [0.1, 0.15) is 12.0 Å². The van der Waals surface area contributed by atoms with Crippen LogP contribution in [0.3, 0.4) is 0 Å². The molecule has 1 heterocycles. The second kappa shape index (κ2) is 4.89. The Morgan fingerprint density at radius 2 is 1.94 bits per heavy atom. The van der Waals surface area contributed by atoms with Gasteiger partial charge in [-0.05, 0) is 17.7 Å². The quantitative estimate of drug-likeness (QED) is 0.815. The lowest BCUT2D eigenvalue weighted by atomic mass is 10.2. The van der Waals surface area contributed by atoms with Crippen molar-refractivity contribution in [3.8, 4) is 0 Å². The molecule has 1 aromatic rings. The molecule has 2 rings (SSSR count). The molecule has 0 aliphatic carbocycles. The minimum absolute atomic E-state index is 0.0984. The normalized spacial score (nSPS) is 16.7. The number of hydrogen-bond donors (Lipinski definition) is 0. The second-order valence-electron chi connectivity index (χ2n) is 3.47. The predicted octanol–water partition coefficient (Wildman–Crippen LogP) is 2.93. The number of carbonyl (C=O) groups is 2. The molecule has 0 aromatic heterocycles. The molecule has 0 unspecified atom stereocenters. The van der Waals surface area contributed by atoms with Crippen LogP contribution in [-0.4, -0.2) is 21.8 Å². The molecule has 1 fully saturated rings. The summed E-state index contributed by atoms with van der Waals surface area (Å²) >= 11 is 6.95. The lowest BCUT2D eigenvalue weighted by molar-refractivity contribution is -0.128. The van der Waals surface area contributed by atoms with Crippen molar-refractivity contribution < 1.29 is 9.59 Å². The molecule has 0 saturated carbocycles. The molecule has 2 amide bonds. The van der Waals surface area contributed by atoms with Crippen LogP contribution < -0.4 is 0 Å². The number of amides is 2. The van der Waals surface area contributed by atoms with Crippen molar-refractivity contribution in [1.29, 1.82) is 0 Å². The van der Waals surface area contributed by atoms with Crippen LogP contribution in [-0.2, 0) is 11.3 Å². The Bertz CT molecular complexity index is 402. The van der Waals surface area contributed by atoms with Gasteiger partial charge in [-0.15, -0.1) is 0 Å². The molecule has 84 valence electrons. The molecular weight excluding hydrogens is 246 g/mol. The summed E-state index contributed by atoms with van der Waals surface area (Å²) in [6.45, 7) is 0.335. The van der Waals surface area contributed by atoms with E-state index in [1.165, 1.54) is 16.7 Å². The zero-order valence-corrected chi connectivity index (χ0v) is 10.1. The maximum Gasteiger partial charge on any atom is 0.288 e. The SMILES string of the molecule is O=C1CCSC(=O)N1Cc1ccc(Cl)cc1. The number of carbonyl (C=O) groups excluding carboxylic acids is 2. The van der Waals surface area contributed by atoms with E-state index in [1.54, 1.807) is 12.1 Å². The molecule has 0 spiro atoms. The zero-order chi connectivity index (χ0) is 11.5. The summed E-state index contributed by atoms with van der Waals surface area (Å²) in [6.07, 6.45) is 0.435. The van der Waals surface area contributed by atoms with Gasteiger partial charge in [0.1, 0.15) is 0 Å². The van der Waals surface area contributed by atoms with E-state index in [2.05, 4.69) is 0 Å². The molecule has 0 radical (unpaired) electrons. The highest BCUT2D eigenvalue weighted by atomic mass is 35.5. The van der Waals surface area contributed by atoms with Gasteiger partial charge in [-0.1, -0.05) is 35.5 Å². The second-order valence-corrected chi connectivity index (χ2v) is 4.95. The average molecular weight is 256 g/mol. The number of imide groups is 1. The topological polar surface area (TPSA) is 37.4 Å². The maximum absolute atomic E-state index is 11.5. The van der Waals surface area contributed by atoms with Crippen LogP contribution in [0.25, 0.3) is 0 Å². The van der Waals surface area contributed by atoms with Crippen molar-refractivity contribution in [2.75, 3.05) is 5.75 Å². The van der Waals surface area contributed by atoms with E-state index in [-0.39, 0.29) is 11.1 Å². The first-order chi connectivity index (χ1) is 7.66. The van der Waals surface area contributed by atoms with Crippen molar-refractivity contribution in [1.82, 2.24) is 4.90 Å².